The smallest absolute Gasteiger partial charge is 0.407 e. The highest BCUT2D eigenvalue weighted by molar-refractivity contribution is 6.42. The van der Waals surface area contributed by atoms with Crippen LogP contribution in [0.4, 0.5) is 4.79 Å². The van der Waals surface area contributed by atoms with Crippen molar-refractivity contribution in [1.29, 1.82) is 0 Å². The number of hydrogen-bond acceptors (Lipinski definition) is 3. The summed E-state index contributed by atoms with van der Waals surface area (Å²) in [6.45, 7) is 0.701. The van der Waals surface area contributed by atoms with Gasteiger partial charge in [0.15, 0.2) is 5.65 Å². The molecular weight excluding hydrogens is 423 g/mol. The standard InChI is InChI=1S/C22H16Cl2N4O2/c23-19-5-2-14(8-20(19)24)18-11-27(22(29)30)9-16-7-13(1-4-17(16)18)15-3-6-21-25-12-26-28(21)10-15/h1-8,10,12,18H,9,11H2,(H,29,30)/t18-/m1/s1. The van der Waals surface area contributed by atoms with E-state index in [1.165, 1.54) is 11.2 Å². The lowest BCUT2D eigenvalue weighted by Gasteiger charge is -2.34. The molecule has 2 aromatic heterocycles. The van der Waals surface area contributed by atoms with Crippen molar-refractivity contribution < 1.29 is 9.90 Å². The molecule has 1 N–H and O–H groups in total. The van der Waals surface area contributed by atoms with Crippen LogP contribution in [0.1, 0.15) is 22.6 Å². The molecule has 0 saturated carbocycles. The number of nitrogens with zero attached hydrogens (tertiary/aromatic N) is 4. The Kier molecular flexibility index (Phi) is 4.60. The fourth-order valence-electron chi connectivity index (χ4n) is 4.00. The molecule has 6 nitrogen and oxygen atoms in total. The van der Waals surface area contributed by atoms with E-state index in [2.05, 4.69) is 22.2 Å². The predicted molar refractivity (Wildman–Crippen MR) is 115 cm³/mol. The lowest BCUT2D eigenvalue weighted by atomic mass is 9.83. The van der Waals surface area contributed by atoms with Gasteiger partial charge in [-0.3, -0.25) is 0 Å². The third-order valence-electron chi connectivity index (χ3n) is 5.51. The van der Waals surface area contributed by atoms with Gasteiger partial charge in [-0.25, -0.2) is 14.3 Å². The average Bonchev–Trinajstić information content (AvgIpc) is 3.22. The van der Waals surface area contributed by atoms with E-state index in [1.54, 1.807) is 10.6 Å². The van der Waals surface area contributed by atoms with Gasteiger partial charge in [0.25, 0.3) is 0 Å². The number of carboxylic acid groups (broad SMARTS) is 1. The van der Waals surface area contributed by atoms with Crippen molar-refractivity contribution in [1.82, 2.24) is 19.5 Å². The number of rotatable bonds is 2. The summed E-state index contributed by atoms with van der Waals surface area (Å²) in [5.74, 6) is -0.119. The van der Waals surface area contributed by atoms with Crippen LogP contribution in [0.2, 0.25) is 10.0 Å². The summed E-state index contributed by atoms with van der Waals surface area (Å²) in [5.41, 5.74) is 5.75. The van der Waals surface area contributed by atoms with Gasteiger partial charge in [-0.15, -0.1) is 0 Å². The van der Waals surface area contributed by atoms with E-state index < -0.39 is 6.09 Å². The SMILES string of the molecule is O=C(O)N1Cc2cc(-c3ccc4ncnn4c3)ccc2[C@@H](c2ccc(Cl)c(Cl)c2)C1. The minimum Gasteiger partial charge on any atom is -0.465 e. The lowest BCUT2D eigenvalue weighted by molar-refractivity contribution is 0.137. The molecule has 0 radical (unpaired) electrons. The Balaban J connectivity index is 1.60. The third-order valence-corrected chi connectivity index (χ3v) is 6.25. The van der Waals surface area contributed by atoms with Gasteiger partial charge < -0.3 is 10.0 Å². The first kappa shape index (κ1) is 18.9. The van der Waals surface area contributed by atoms with Crippen LogP contribution in [0.5, 0.6) is 0 Å². The Morgan fingerprint density at radius 3 is 2.67 bits per heavy atom. The number of aromatic nitrogens is 3. The van der Waals surface area contributed by atoms with Gasteiger partial charge in [0, 0.05) is 30.8 Å². The van der Waals surface area contributed by atoms with Crippen molar-refractivity contribution in [2.45, 2.75) is 12.5 Å². The Hall–Kier alpha value is -3.09. The van der Waals surface area contributed by atoms with Crippen LogP contribution >= 0.6 is 23.2 Å². The Labute approximate surface area is 182 Å². The highest BCUT2D eigenvalue weighted by Gasteiger charge is 2.29. The van der Waals surface area contributed by atoms with Crippen LogP contribution in [0.15, 0.2) is 61.1 Å². The molecule has 0 saturated heterocycles. The van der Waals surface area contributed by atoms with Crippen LogP contribution in [0.25, 0.3) is 16.8 Å². The van der Waals surface area contributed by atoms with Crippen molar-refractivity contribution in [3.63, 3.8) is 0 Å². The summed E-state index contributed by atoms with van der Waals surface area (Å²) in [6.07, 6.45) is 2.48. The fraction of sp³-hybridized carbons (Fsp3) is 0.136. The van der Waals surface area contributed by atoms with Crippen LogP contribution in [0.3, 0.4) is 0 Å². The van der Waals surface area contributed by atoms with E-state index in [9.17, 15) is 9.90 Å². The quantitative estimate of drug-likeness (QED) is 0.459. The minimum atomic E-state index is -0.944. The van der Waals surface area contributed by atoms with Gasteiger partial charge in [-0.2, -0.15) is 5.10 Å². The highest BCUT2D eigenvalue weighted by Crippen LogP contribution is 2.37. The molecule has 0 unspecified atom stereocenters. The lowest BCUT2D eigenvalue weighted by Crippen LogP contribution is -2.37. The van der Waals surface area contributed by atoms with E-state index in [-0.39, 0.29) is 5.92 Å². The summed E-state index contributed by atoms with van der Waals surface area (Å²) in [7, 11) is 0. The summed E-state index contributed by atoms with van der Waals surface area (Å²) in [5, 5.41) is 14.8. The number of benzene rings is 2. The van der Waals surface area contributed by atoms with Crippen molar-refractivity contribution in [3.8, 4) is 11.1 Å². The highest BCUT2D eigenvalue weighted by atomic mass is 35.5. The van der Waals surface area contributed by atoms with Gasteiger partial charge in [0.05, 0.1) is 10.0 Å². The van der Waals surface area contributed by atoms with Gasteiger partial charge in [-0.1, -0.05) is 41.4 Å². The number of amides is 1. The average molecular weight is 439 g/mol. The van der Waals surface area contributed by atoms with Crippen molar-refractivity contribution in [2.75, 3.05) is 6.54 Å². The maximum absolute atomic E-state index is 11.8. The normalized spacial score (nSPS) is 15.9. The summed E-state index contributed by atoms with van der Waals surface area (Å²) in [6, 6.07) is 15.5. The van der Waals surface area contributed by atoms with Crippen LogP contribution in [-0.4, -0.2) is 37.2 Å². The first-order valence-corrected chi connectivity index (χ1v) is 10.1. The summed E-state index contributed by atoms with van der Waals surface area (Å²) >= 11 is 12.3. The predicted octanol–water partition coefficient (Wildman–Crippen LogP) is 5.33. The molecule has 8 heteroatoms. The molecule has 4 aromatic rings. The number of halogens is 2. The second kappa shape index (κ2) is 7.31. The molecular formula is C22H16Cl2N4O2. The largest absolute Gasteiger partial charge is 0.465 e. The Morgan fingerprint density at radius 2 is 1.87 bits per heavy atom. The first-order valence-electron chi connectivity index (χ1n) is 9.35. The van der Waals surface area contributed by atoms with E-state index in [0.717, 1.165) is 33.5 Å². The number of fused-ring (bicyclic) bond motifs is 2. The molecule has 0 fully saturated rings. The molecule has 3 heterocycles. The Bertz CT molecular complexity index is 1290. The monoisotopic (exact) mass is 438 g/mol. The zero-order valence-corrected chi connectivity index (χ0v) is 17.2. The maximum Gasteiger partial charge on any atom is 0.407 e. The van der Waals surface area contributed by atoms with Gasteiger partial charge in [0.1, 0.15) is 6.33 Å². The second-order valence-corrected chi connectivity index (χ2v) is 8.10. The molecule has 2 aromatic carbocycles. The molecule has 1 aliphatic rings. The van der Waals surface area contributed by atoms with Gasteiger partial charge in [-0.05, 0) is 52.6 Å². The van der Waals surface area contributed by atoms with Crippen molar-refractivity contribution in [3.05, 3.63) is 87.8 Å². The van der Waals surface area contributed by atoms with Gasteiger partial charge >= 0.3 is 6.09 Å². The number of pyridine rings is 1. The molecule has 1 atom stereocenters. The molecule has 150 valence electrons. The number of hydrogen-bond donors (Lipinski definition) is 1. The van der Waals surface area contributed by atoms with E-state index in [1.807, 2.05) is 36.5 Å². The van der Waals surface area contributed by atoms with Crippen LogP contribution < -0.4 is 0 Å². The second-order valence-electron chi connectivity index (χ2n) is 7.28. The molecule has 1 aliphatic heterocycles. The summed E-state index contributed by atoms with van der Waals surface area (Å²) < 4.78 is 1.72. The molecule has 0 bridgehead atoms. The zero-order valence-electron chi connectivity index (χ0n) is 15.7. The Morgan fingerprint density at radius 1 is 1.03 bits per heavy atom. The molecule has 0 aliphatic carbocycles. The van der Waals surface area contributed by atoms with Crippen molar-refractivity contribution in [2.24, 2.45) is 0 Å². The third kappa shape index (κ3) is 3.28. The molecule has 1 amide bonds. The first-order chi connectivity index (χ1) is 14.5. The van der Waals surface area contributed by atoms with Crippen molar-refractivity contribution >= 4 is 34.9 Å². The number of carbonyl (C=O) groups is 1. The van der Waals surface area contributed by atoms with E-state index >= 15 is 0 Å². The maximum atomic E-state index is 11.8. The fourth-order valence-corrected chi connectivity index (χ4v) is 4.31. The molecule has 0 spiro atoms. The zero-order chi connectivity index (χ0) is 20.8. The van der Waals surface area contributed by atoms with E-state index in [4.69, 9.17) is 23.2 Å². The molecule has 30 heavy (non-hydrogen) atoms. The minimum absolute atomic E-state index is 0.119. The van der Waals surface area contributed by atoms with Crippen LogP contribution in [-0.2, 0) is 6.54 Å². The topological polar surface area (TPSA) is 70.7 Å². The van der Waals surface area contributed by atoms with Crippen LogP contribution in [0, 0.1) is 0 Å². The van der Waals surface area contributed by atoms with E-state index in [0.29, 0.717) is 23.1 Å². The summed E-state index contributed by atoms with van der Waals surface area (Å²) in [4.78, 5) is 17.4. The molecule has 5 rings (SSSR count). The van der Waals surface area contributed by atoms with Gasteiger partial charge in [0.2, 0.25) is 0 Å².